The van der Waals surface area contributed by atoms with Crippen LogP contribution in [0, 0.1) is 11.2 Å². The molecule has 5 rings (SSSR count). The summed E-state index contributed by atoms with van der Waals surface area (Å²) in [5.41, 5.74) is 5.86. The average molecular weight is 360 g/mol. The molecule has 0 radical (unpaired) electrons. The number of pyridine rings is 1. The van der Waals surface area contributed by atoms with Gasteiger partial charge in [-0.2, -0.15) is 0 Å². The third-order valence-corrected chi connectivity index (χ3v) is 7.93. The van der Waals surface area contributed by atoms with E-state index in [1.54, 1.807) is 6.07 Å². The molecule has 0 aliphatic heterocycles. The lowest BCUT2D eigenvalue weighted by molar-refractivity contribution is 0.125. The minimum absolute atomic E-state index is 0.0157. The van der Waals surface area contributed by atoms with E-state index in [0.29, 0.717) is 0 Å². The molecule has 1 aliphatic carbocycles. The molecule has 2 nitrogen and oxygen atoms in total. The lowest BCUT2D eigenvalue weighted by Gasteiger charge is -2.44. The summed E-state index contributed by atoms with van der Waals surface area (Å²) < 4.78 is 16.1. The SMILES string of the molecule is CC1(C)c2ccc3nc4c5cc(F)ccc5ccn4c3c2C(C)(C)C1(C)C. The predicted octanol–water partition coefficient (Wildman–Crippen LogP) is 6.37. The quantitative estimate of drug-likeness (QED) is 0.356. The van der Waals surface area contributed by atoms with Gasteiger partial charge in [-0.05, 0) is 57.0 Å². The van der Waals surface area contributed by atoms with Crippen molar-refractivity contribution in [3.8, 4) is 0 Å². The van der Waals surface area contributed by atoms with E-state index in [2.05, 4.69) is 70.3 Å². The van der Waals surface area contributed by atoms with Crippen molar-refractivity contribution in [1.29, 1.82) is 0 Å². The Hall–Kier alpha value is -2.42. The molecule has 2 aromatic heterocycles. The number of hydrogen-bond acceptors (Lipinski definition) is 1. The van der Waals surface area contributed by atoms with Gasteiger partial charge in [-0.1, -0.05) is 53.7 Å². The summed E-state index contributed by atoms with van der Waals surface area (Å²) in [6.07, 6.45) is 2.08. The molecule has 0 fully saturated rings. The summed E-state index contributed by atoms with van der Waals surface area (Å²) in [6.45, 7) is 14.1. The molecule has 4 aromatic rings. The third-order valence-electron chi connectivity index (χ3n) is 7.93. The highest BCUT2D eigenvalue weighted by atomic mass is 19.1. The molecule has 3 heteroatoms. The first-order valence-corrected chi connectivity index (χ1v) is 9.61. The highest BCUT2D eigenvalue weighted by Gasteiger charge is 2.57. The predicted molar refractivity (Wildman–Crippen MR) is 110 cm³/mol. The summed E-state index contributed by atoms with van der Waals surface area (Å²) in [4.78, 5) is 4.92. The number of imidazole rings is 1. The summed E-state index contributed by atoms with van der Waals surface area (Å²) in [5, 5.41) is 1.87. The van der Waals surface area contributed by atoms with E-state index in [4.69, 9.17) is 4.98 Å². The molecule has 1 aliphatic rings. The normalized spacial score (nSPS) is 19.8. The van der Waals surface area contributed by atoms with Crippen molar-refractivity contribution < 1.29 is 4.39 Å². The first-order valence-electron chi connectivity index (χ1n) is 9.61. The third kappa shape index (κ3) is 1.78. The van der Waals surface area contributed by atoms with Gasteiger partial charge in [-0.15, -0.1) is 0 Å². The number of halogens is 1. The first-order chi connectivity index (χ1) is 12.6. The van der Waals surface area contributed by atoms with Crippen molar-refractivity contribution in [2.75, 3.05) is 0 Å². The number of nitrogens with zero attached hydrogens (tertiary/aromatic N) is 2. The van der Waals surface area contributed by atoms with E-state index in [0.717, 1.165) is 27.5 Å². The molecule has 0 saturated heterocycles. The Morgan fingerprint density at radius 3 is 2.37 bits per heavy atom. The summed E-state index contributed by atoms with van der Waals surface area (Å²) in [5.74, 6) is -0.226. The van der Waals surface area contributed by atoms with Crippen molar-refractivity contribution in [3.05, 3.63) is 59.5 Å². The maximum Gasteiger partial charge on any atom is 0.145 e. The largest absolute Gasteiger partial charge is 0.299 e. The summed E-state index contributed by atoms with van der Waals surface area (Å²) in [7, 11) is 0. The Morgan fingerprint density at radius 1 is 0.889 bits per heavy atom. The van der Waals surface area contributed by atoms with Gasteiger partial charge in [0.25, 0.3) is 0 Å². The van der Waals surface area contributed by atoms with Gasteiger partial charge in [-0.25, -0.2) is 9.37 Å². The first kappa shape index (κ1) is 16.7. The van der Waals surface area contributed by atoms with Gasteiger partial charge >= 0.3 is 0 Å². The molecule has 27 heavy (non-hydrogen) atoms. The van der Waals surface area contributed by atoms with Crippen molar-refractivity contribution in [3.63, 3.8) is 0 Å². The fourth-order valence-corrected chi connectivity index (χ4v) is 5.13. The zero-order valence-electron chi connectivity index (χ0n) is 16.8. The molecule has 0 unspecified atom stereocenters. The van der Waals surface area contributed by atoms with Crippen LogP contribution in [0.2, 0.25) is 0 Å². The Kier molecular flexibility index (Phi) is 2.91. The fourth-order valence-electron chi connectivity index (χ4n) is 5.13. The van der Waals surface area contributed by atoms with Crippen LogP contribution in [0.4, 0.5) is 4.39 Å². The van der Waals surface area contributed by atoms with Gasteiger partial charge in [0.05, 0.1) is 11.0 Å². The number of aromatic nitrogens is 2. The second-order valence-corrected chi connectivity index (χ2v) is 9.58. The van der Waals surface area contributed by atoms with Gasteiger partial charge in [0.2, 0.25) is 0 Å². The second-order valence-electron chi connectivity index (χ2n) is 9.58. The zero-order chi connectivity index (χ0) is 19.4. The van der Waals surface area contributed by atoms with Gasteiger partial charge < -0.3 is 0 Å². The Bertz CT molecular complexity index is 1260. The second kappa shape index (κ2) is 4.70. The molecule has 138 valence electrons. The van der Waals surface area contributed by atoms with Crippen LogP contribution in [0.1, 0.15) is 52.7 Å². The van der Waals surface area contributed by atoms with Crippen LogP contribution in [-0.4, -0.2) is 9.38 Å². The molecule has 0 N–H and O–H groups in total. The minimum atomic E-state index is -0.226. The van der Waals surface area contributed by atoms with E-state index < -0.39 is 0 Å². The summed E-state index contributed by atoms with van der Waals surface area (Å²) >= 11 is 0. The number of benzene rings is 2. The van der Waals surface area contributed by atoms with Crippen LogP contribution in [0.5, 0.6) is 0 Å². The van der Waals surface area contributed by atoms with E-state index in [1.807, 2.05) is 6.07 Å². The minimum Gasteiger partial charge on any atom is -0.299 e. The Balaban J connectivity index is 2.01. The topological polar surface area (TPSA) is 17.3 Å². The fraction of sp³-hybridized carbons (Fsp3) is 0.375. The highest BCUT2D eigenvalue weighted by molar-refractivity contribution is 5.99. The Labute approximate surface area is 159 Å². The van der Waals surface area contributed by atoms with Crippen molar-refractivity contribution in [2.45, 2.75) is 52.4 Å². The van der Waals surface area contributed by atoms with Crippen molar-refractivity contribution in [2.24, 2.45) is 5.41 Å². The Morgan fingerprint density at radius 2 is 1.63 bits per heavy atom. The molecule has 2 heterocycles. The molecule has 0 bridgehead atoms. The lowest BCUT2D eigenvalue weighted by atomic mass is 9.59. The van der Waals surface area contributed by atoms with E-state index in [9.17, 15) is 4.39 Å². The molecular weight excluding hydrogens is 335 g/mol. The maximum atomic E-state index is 13.9. The monoisotopic (exact) mass is 360 g/mol. The molecule has 0 spiro atoms. The van der Waals surface area contributed by atoms with Crippen LogP contribution in [0.15, 0.2) is 42.6 Å². The molecular formula is C24H25FN2. The van der Waals surface area contributed by atoms with Crippen LogP contribution >= 0.6 is 0 Å². The number of rotatable bonds is 0. The van der Waals surface area contributed by atoms with Crippen LogP contribution in [0.25, 0.3) is 27.5 Å². The molecule has 0 amide bonds. The van der Waals surface area contributed by atoms with Crippen LogP contribution in [-0.2, 0) is 10.8 Å². The number of fused-ring (bicyclic) bond motifs is 7. The van der Waals surface area contributed by atoms with Gasteiger partial charge in [0, 0.05) is 11.6 Å². The smallest absolute Gasteiger partial charge is 0.145 e. The van der Waals surface area contributed by atoms with Crippen LogP contribution in [0.3, 0.4) is 0 Å². The van der Waals surface area contributed by atoms with E-state index in [-0.39, 0.29) is 22.1 Å². The van der Waals surface area contributed by atoms with Crippen LogP contribution < -0.4 is 0 Å². The lowest BCUT2D eigenvalue weighted by Crippen LogP contribution is -2.42. The number of hydrogen-bond donors (Lipinski definition) is 0. The maximum absolute atomic E-state index is 13.9. The molecule has 0 saturated carbocycles. The standard InChI is InChI=1S/C24H25FN2/c1-22(2)17-9-10-18-20(19(17)23(3,4)24(22,5)6)27-12-11-14-7-8-15(25)13-16(14)21(27)26-18/h7-13H,1-6H3. The van der Waals surface area contributed by atoms with E-state index >= 15 is 0 Å². The summed E-state index contributed by atoms with van der Waals surface area (Å²) in [6, 6.07) is 11.4. The van der Waals surface area contributed by atoms with Gasteiger partial charge in [0.1, 0.15) is 11.5 Å². The highest BCUT2D eigenvalue weighted by Crippen LogP contribution is 2.62. The van der Waals surface area contributed by atoms with Crippen molar-refractivity contribution >= 4 is 27.5 Å². The van der Waals surface area contributed by atoms with Gasteiger partial charge in [-0.3, -0.25) is 4.40 Å². The zero-order valence-corrected chi connectivity index (χ0v) is 16.8. The van der Waals surface area contributed by atoms with Gasteiger partial charge in [0.15, 0.2) is 0 Å². The average Bonchev–Trinajstić information content (AvgIpc) is 3.03. The van der Waals surface area contributed by atoms with E-state index in [1.165, 1.54) is 17.2 Å². The molecule has 0 atom stereocenters. The van der Waals surface area contributed by atoms with Crippen molar-refractivity contribution in [1.82, 2.24) is 9.38 Å². The molecule has 2 aromatic carbocycles.